The van der Waals surface area contributed by atoms with E-state index in [4.69, 9.17) is 0 Å². The Morgan fingerprint density at radius 3 is 0.800 bits per heavy atom. The summed E-state index contributed by atoms with van der Waals surface area (Å²) in [5, 5.41) is 0. The first-order valence-corrected chi connectivity index (χ1v) is 6.10. The molecule has 0 aliphatic heterocycles. The third-order valence-electron chi connectivity index (χ3n) is 1.67. The van der Waals surface area contributed by atoms with Gasteiger partial charge in [-0.1, -0.05) is 113 Å². The summed E-state index contributed by atoms with van der Waals surface area (Å²) in [6.07, 6.45) is 3.21. The second-order valence-electron chi connectivity index (χ2n) is 6.83. The molecule has 0 N–H and O–H groups in total. The summed E-state index contributed by atoms with van der Waals surface area (Å²) < 4.78 is 0. The molecular weight excluding hydrogens is 482 g/mol. The predicted molar refractivity (Wildman–Crippen MR) is 133 cm³/mol. The van der Waals surface area contributed by atoms with E-state index in [-0.39, 0.29) is 79.5 Å². The molecule has 0 aromatic heterocycles. The summed E-state index contributed by atoms with van der Waals surface area (Å²) in [5.41, 5.74) is 0.847. The van der Waals surface area contributed by atoms with Crippen LogP contribution >= 0.6 is 0 Å². The van der Waals surface area contributed by atoms with Gasteiger partial charge in [0.2, 0.25) is 0 Å². The Morgan fingerprint density at radius 2 is 0.800 bits per heavy atom. The van der Waals surface area contributed by atoms with Gasteiger partial charge in [-0.15, -0.1) is 6.58 Å². The molecule has 0 spiro atoms. The van der Waals surface area contributed by atoms with E-state index in [9.17, 15) is 0 Å². The molecule has 0 rings (SSSR count). The topological polar surface area (TPSA) is 3.24 Å². The number of hydrogen-bond acceptors (Lipinski definition) is 1. The monoisotopic (exact) mass is 549 g/mol. The average Bonchev–Trinajstić information content (AvgIpc) is 2.02. The summed E-state index contributed by atoms with van der Waals surface area (Å²) in [4.78, 5) is 2.00. The third-order valence-corrected chi connectivity index (χ3v) is 1.67. The molecule has 0 atom stereocenters. The zero-order chi connectivity index (χ0) is 14.0. The maximum atomic E-state index is 3.63. The quantitative estimate of drug-likeness (QED) is 0.215. The standard InChI is InChI=1S/C6H14.C6H12.C3H9N.7CH4.CH3.Ir/c2*1-5-6(2,3)4;1-4(2)3;;;;;;;;;/h5H2,1-4H3;5H,1H2,2-4H3;1-3H3;7*1H4;1H3;/q;;;;;;;;;;-1;. The molecule has 25 heavy (non-hydrogen) atoms. The van der Waals surface area contributed by atoms with Crippen LogP contribution in [0.15, 0.2) is 12.7 Å². The number of hydrogen-bond donors (Lipinski definition) is 0. The van der Waals surface area contributed by atoms with Crippen LogP contribution in [0.3, 0.4) is 0 Å². The molecule has 0 saturated heterocycles. The summed E-state index contributed by atoms with van der Waals surface area (Å²) in [6, 6.07) is 0. The van der Waals surface area contributed by atoms with Gasteiger partial charge in [-0.3, -0.25) is 0 Å². The average molecular weight is 549 g/mol. The van der Waals surface area contributed by atoms with Gasteiger partial charge >= 0.3 is 0 Å². The Labute approximate surface area is 183 Å². The first-order chi connectivity index (χ1) is 6.85. The van der Waals surface area contributed by atoms with Gasteiger partial charge in [0.1, 0.15) is 0 Å². The maximum Gasteiger partial charge on any atom is 0 e. The van der Waals surface area contributed by atoms with Crippen molar-refractivity contribution in [3.8, 4) is 0 Å². The molecule has 0 aromatic carbocycles. The largest absolute Gasteiger partial charge is 0.358 e. The second-order valence-corrected chi connectivity index (χ2v) is 6.83. The van der Waals surface area contributed by atoms with Crippen LogP contribution in [0.4, 0.5) is 0 Å². The van der Waals surface area contributed by atoms with Gasteiger partial charge in [0.15, 0.2) is 0 Å². The molecule has 0 unspecified atom stereocenters. The smallest absolute Gasteiger partial charge is 0 e. The van der Waals surface area contributed by atoms with Crippen LogP contribution in [0.2, 0.25) is 0 Å². The number of nitrogens with zero attached hydrogens (tertiary/aromatic N) is 1. The van der Waals surface area contributed by atoms with Gasteiger partial charge in [0.25, 0.3) is 0 Å². The molecule has 173 valence electrons. The van der Waals surface area contributed by atoms with Gasteiger partial charge in [-0.05, 0) is 32.0 Å². The van der Waals surface area contributed by atoms with E-state index in [1.54, 1.807) is 0 Å². The fourth-order valence-corrected chi connectivity index (χ4v) is 0. The molecular formula is C23H66IrN-. The minimum Gasteiger partial charge on any atom is -0.358 e. The van der Waals surface area contributed by atoms with Crippen molar-refractivity contribution in [1.29, 1.82) is 0 Å². The van der Waals surface area contributed by atoms with Crippen molar-refractivity contribution in [2.75, 3.05) is 21.1 Å². The van der Waals surface area contributed by atoms with E-state index < -0.39 is 0 Å². The SMILES string of the molecule is C.C.C.C.C.C.C.C=CC(C)(C)C.CCC(C)(C)C.CN(C)C.[CH3-].[Ir]. The molecule has 0 aromatic rings. The van der Waals surface area contributed by atoms with E-state index in [2.05, 4.69) is 55.0 Å². The van der Waals surface area contributed by atoms with Crippen molar-refractivity contribution in [3.05, 3.63) is 20.1 Å². The van der Waals surface area contributed by atoms with Crippen molar-refractivity contribution >= 4 is 0 Å². The fourth-order valence-electron chi connectivity index (χ4n) is 0. The van der Waals surface area contributed by atoms with Crippen LogP contribution in [0.1, 0.15) is 107 Å². The second kappa shape index (κ2) is 44.1. The fraction of sp³-hybridized carbons (Fsp3) is 0.870. The van der Waals surface area contributed by atoms with Gasteiger partial charge < -0.3 is 12.3 Å². The Balaban J connectivity index is -0.00000000870. The molecule has 0 saturated carbocycles. The normalized spacial score (nSPS) is 7.00. The summed E-state index contributed by atoms with van der Waals surface area (Å²) >= 11 is 0. The van der Waals surface area contributed by atoms with Crippen molar-refractivity contribution in [2.24, 2.45) is 10.8 Å². The summed E-state index contributed by atoms with van der Waals surface area (Å²) in [5.74, 6) is 0. The predicted octanol–water partition coefficient (Wildman–Crippen LogP) is 9.74. The molecule has 0 heterocycles. The van der Waals surface area contributed by atoms with Crippen LogP contribution in [0, 0.1) is 18.3 Å². The van der Waals surface area contributed by atoms with E-state index >= 15 is 0 Å². The van der Waals surface area contributed by atoms with Gasteiger partial charge in [0.05, 0.1) is 0 Å². The van der Waals surface area contributed by atoms with Crippen molar-refractivity contribution < 1.29 is 20.1 Å². The molecule has 1 nitrogen and oxygen atoms in total. The Hall–Kier alpha value is 0.349. The van der Waals surface area contributed by atoms with Gasteiger partial charge in [-0.25, -0.2) is 0 Å². The molecule has 0 aliphatic carbocycles. The van der Waals surface area contributed by atoms with E-state index in [0.29, 0.717) is 10.8 Å². The van der Waals surface area contributed by atoms with Gasteiger partial charge in [-0.2, -0.15) is 0 Å². The van der Waals surface area contributed by atoms with Crippen LogP contribution in [-0.4, -0.2) is 26.0 Å². The van der Waals surface area contributed by atoms with E-state index in [0.717, 1.165) is 0 Å². The van der Waals surface area contributed by atoms with Crippen molar-refractivity contribution in [1.82, 2.24) is 4.90 Å². The minimum absolute atomic E-state index is 0. The summed E-state index contributed by atoms with van der Waals surface area (Å²) in [7, 11) is 6.00. The minimum atomic E-state index is 0. The Kier molecular flexibility index (Phi) is 149. The first kappa shape index (κ1) is 84.3. The molecule has 0 amide bonds. The summed E-state index contributed by atoms with van der Waals surface area (Å²) in [6.45, 7) is 18.9. The molecule has 0 aliphatic rings. The molecule has 0 fully saturated rings. The van der Waals surface area contributed by atoms with E-state index in [1.807, 2.05) is 32.1 Å². The first-order valence-electron chi connectivity index (χ1n) is 6.10. The van der Waals surface area contributed by atoms with Crippen molar-refractivity contribution in [2.45, 2.75) is 107 Å². The van der Waals surface area contributed by atoms with Crippen LogP contribution < -0.4 is 0 Å². The van der Waals surface area contributed by atoms with Crippen LogP contribution in [0.25, 0.3) is 0 Å². The third kappa shape index (κ3) is 302. The number of allylic oxidation sites excluding steroid dienone is 1. The molecule has 0 bridgehead atoms. The molecule has 1 radical (unpaired) electrons. The van der Waals surface area contributed by atoms with Crippen molar-refractivity contribution in [3.63, 3.8) is 0 Å². The maximum absolute atomic E-state index is 3.63. The molecule has 2 heteroatoms. The van der Waals surface area contributed by atoms with E-state index in [1.165, 1.54) is 6.42 Å². The van der Waals surface area contributed by atoms with Crippen LogP contribution in [0.5, 0.6) is 0 Å². The zero-order valence-corrected chi connectivity index (χ0v) is 17.2. The van der Waals surface area contributed by atoms with Crippen LogP contribution in [-0.2, 0) is 20.1 Å². The van der Waals surface area contributed by atoms with Gasteiger partial charge in [0, 0.05) is 20.1 Å². The Bertz CT molecular complexity index is 148. The zero-order valence-electron chi connectivity index (χ0n) is 14.8. The number of rotatable bonds is 0. The Morgan fingerprint density at radius 1 is 0.720 bits per heavy atom.